The second kappa shape index (κ2) is 10.0. The largest absolute Gasteiger partial charge is 0.508 e. The second-order valence-corrected chi connectivity index (χ2v) is 8.82. The van der Waals surface area contributed by atoms with Crippen molar-refractivity contribution in [3.8, 4) is 5.75 Å². The molecule has 0 bridgehead atoms. The van der Waals surface area contributed by atoms with Crippen molar-refractivity contribution in [1.29, 1.82) is 0 Å². The molecule has 0 atom stereocenters. The van der Waals surface area contributed by atoms with Gasteiger partial charge in [-0.1, -0.05) is 18.2 Å². The first-order valence-electron chi connectivity index (χ1n) is 10.7. The Hall–Kier alpha value is -2.44. The third-order valence-electron chi connectivity index (χ3n) is 5.70. The number of phenols is 1. The lowest BCUT2D eigenvalue weighted by atomic mass is 10.1. The van der Waals surface area contributed by atoms with Gasteiger partial charge in [-0.15, -0.1) is 11.8 Å². The smallest absolute Gasteiger partial charge is 0.248 e. The summed E-state index contributed by atoms with van der Waals surface area (Å²) in [6, 6.07) is 15.7. The predicted octanol–water partition coefficient (Wildman–Crippen LogP) is 3.60. The van der Waals surface area contributed by atoms with Crippen LogP contribution in [-0.2, 0) is 4.79 Å². The molecule has 1 amide bonds. The van der Waals surface area contributed by atoms with Crippen LogP contribution < -0.4 is 10.2 Å². The normalized spacial score (nSPS) is 16.7. The zero-order chi connectivity index (χ0) is 20.8. The number of fused-ring (bicyclic) bond motifs is 1. The van der Waals surface area contributed by atoms with Gasteiger partial charge in [-0.2, -0.15) is 0 Å². The lowest BCUT2D eigenvalue weighted by Gasteiger charge is -2.36. The number of aromatic hydroxyl groups is 1. The molecule has 1 saturated heterocycles. The van der Waals surface area contributed by atoms with Crippen LogP contribution in [0, 0.1) is 0 Å². The fraction of sp³-hybridized carbons (Fsp3) is 0.375. The average Bonchev–Trinajstić information content (AvgIpc) is 2.79. The fourth-order valence-corrected chi connectivity index (χ4v) is 4.91. The number of piperazine rings is 1. The second-order valence-electron chi connectivity index (χ2n) is 7.80. The van der Waals surface area contributed by atoms with E-state index in [1.165, 1.54) is 10.6 Å². The zero-order valence-electron chi connectivity index (χ0n) is 17.2. The highest BCUT2D eigenvalue weighted by Gasteiger charge is 2.18. The molecule has 158 valence electrons. The first-order chi connectivity index (χ1) is 14.7. The number of thioether (sulfide) groups is 1. The summed E-state index contributed by atoms with van der Waals surface area (Å²) in [4.78, 5) is 18.6. The Morgan fingerprint density at radius 3 is 2.57 bits per heavy atom. The number of carbonyl (C=O) groups excluding carboxylic acids is 1. The molecule has 0 unspecified atom stereocenters. The number of anilines is 1. The average molecular weight is 424 g/mol. The van der Waals surface area contributed by atoms with Crippen molar-refractivity contribution >= 4 is 29.4 Å². The SMILES string of the molecule is O=C(NCCCCN1CCN(c2ccc(O)cc2)CC1)C1=Cc2ccccc2SC1. The maximum absolute atomic E-state index is 12.4. The number of hydrogen-bond acceptors (Lipinski definition) is 5. The summed E-state index contributed by atoms with van der Waals surface area (Å²) >= 11 is 1.73. The lowest BCUT2D eigenvalue weighted by molar-refractivity contribution is -0.117. The Bertz CT molecular complexity index is 890. The van der Waals surface area contributed by atoms with E-state index in [4.69, 9.17) is 0 Å². The van der Waals surface area contributed by atoms with Crippen LogP contribution in [-0.4, -0.2) is 60.9 Å². The summed E-state index contributed by atoms with van der Waals surface area (Å²) in [7, 11) is 0. The number of rotatable bonds is 7. The van der Waals surface area contributed by atoms with E-state index in [1.807, 2.05) is 30.3 Å². The molecule has 30 heavy (non-hydrogen) atoms. The van der Waals surface area contributed by atoms with E-state index in [-0.39, 0.29) is 5.91 Å². The molecule has 2 aliphatic heterocycles. The van der Waals surface area contributed by atoms with Crippen LogP contribution in [0.1, 0.15) is 18.4 Å². The summed E-state index contributed by atoms with van der Waals surface area (Å²) in [6.07, 6.45) is 4.12. The van der Waals surface area contributed by atoms with E-state index >= 15 is 0 Å². The van der Waals surface area contributed by atoms with Gasteiger partial charge in [0.15, 0.2) is 0 Å². The topological polar surface area (TPSA) is 55.8 Å². The highest BCUT2D eigenvalue weighted by atomic mass is 32.2. The van der Waals surface area contributed by atoms with E-state index in [9.17, 15) is 9.90 Å². The van der Waals surface area contributed by atoms with Crippen LogP contribution in [0.25, 0.3) is 6.08 Å². The number of carbonyl (C=O) groups is 1. The van der Waals surface area contributed by atoms with Crippen LogP contribution in [0.3, 0.4) is 0 Å². The molecule has 2 aromatic carbocycles. The van der Waals surface area contributed by atoms with Gasteiger partial charge in [0.05, 0.1) is 0 Å². The maximum atomic E-state index is 12.4. The van der Waals surface area contributed by atoms with Gasteiger partial charge in [-0.05, 0) is 61.4 Å². The highest BCUT2D eigenvalue weighted by Crippen LogP contribution is 2.31. The third kappa shape index (κ3) is 5.37. The first-order valence-corrected chi connectivity index (χ1v) is 11.6. The summed E-state index contributed by atoms with van der Waals surface area (Å²) in [5.74, 6) is 1.13. The maximum Gasteiger partial charge on any atom is 0.248 e. The van der Waals surface area contributed by atoms with Gasteiger partial charge < -0.3 is 15.3 Å². The molecule has 6 heteroatoms. The monoisotopic (exact) mass is 423 g/mol. The van der Waals surface area contributed by atoms with Crippen molar-refractivity contribution in [2.45, 2.75) is 17.7 Å². The van der Waals surface area contributed by atoms with E-state index in [0.29, 0.717) is 5.75 Å². The number of benzene rings is 2. The quantitative estimate of drug-likeness (QED) is 0.667. The van der Waals surface area contributed by atoms with Gasteiger partial charge in [0, 0.05) is 54.6 Å². The van der Waals surface area contributed by atoms with E-state index in [0.717, 1.165) is 69.0 Å². The zero-order valence-corrected chi connectivity index (χ0v) is 18.0. The Kier molecular flexibility index (Phi) is 6.97. The van der Waals surface area contributed by atoms with Crippen LogP contribution in [0.5, 0.6) is 5.75 Å². The summed E-state index contributed by atoms with van der Waals surface area (Å²) in [6.45, 7) is 5.93. The van der Waals surface area contributed by atoms with Crippen molar-refractivity contribution in [2.24, 2.45) is 0 Å². The Balaban J connectivity index is 1.12. The van der Waals surface area contributed by atoms with Gasteiger partial charge >= 0.3 is 0 Å². The molecular weight excluding hydrogens is 394 g/mol. The van der Waals surface area contributed by atoms with Gasteiger partial charge in [-0.25, -0.2) is 0 Å². The Morgan fingerprint density at radius 2 is 1.77 bits per heavy atom. The molecule has 2 N–H and O–H groups in total. The number of nitrogens with one attached hydrogen (secondary N) is 1. The molecule has 2 aromatic rings. The molecule has 1 fully saturated rings. The lowest BCUT2D eigenvalue weighted by Crippen LogP contribution is -2.46. The fourth-order valence-electron chi connectivity index (χ4n) is 3.92. The number of unbranched alkanes of at least 4 members (excludes halogenated alkanes) is 1. The van der Waals surface area contributed by atoms with Crippen molar-refractivity contribution in [1.82, 2.24) is 10.2 Å². The van der Waals surface area contributed by atoms with Crippen LogP contribution in [0.15, 0.2) is 59.0 Å². The van der Waals surface area contributed by atoms with Crippen LogP contribution in [0.4, 0.5) is 5.69 Å². The molecule has 4 rings (SSSR count). The standard InChI is InChI=1S/C24H29N3O2S/c28-22-9-7-21(8-10-22)27-15-13-26(14-16-27)12-4-3-11-25-24(29)20-17-19-5-1-2-6-23(19)30-18-20/h1-2,5-10,17,28H,3-4,11-16,18H2,(H,25,29). The van der Waals surface area contributed by atoms with Gasteiger partial charge in [0.1, 0.15) is 5.75 Å². The molecule has 0 aromatic heterocycles. The molecule has 0 spiro atoms. The molecule has 0 radical (unpaired) electrons. The minimum atomic E-state index is 0.0690. The van der Waals surface area contributed by atoms with Gasteiger partial charge in [-0.3, -0.25) is 9.69 Å². The summed E-state index contributed by atoms with van der Waals surface area (Å²) in [5, 5.41) is 12.5. The first kappa shape index (κ1) is 20.8. The number of hydrogen-bond donors (Lipinski definition) is 2. The molecule has 0 saturated carbocycles. The van der Waals surface area contributed by atoms with Crippen LogP contribution >= 0.6 is 11.8 Å². The van der Waals surface area contributed by atoms with Gasteiger partial charge in [0.2, 0.25) is 5.91 Å². The van der Waals surface area contributed by atoms with Gasteiger partial charge in [0.25, 0.3) is 0 Å². The van der Waals surface area contributed by atoms with E-state index < -0.39 is 0 Å². The molecule has 0 aliphatic carbocycles. The number of amides is 1. The van der Waals surface area contributed by atoms with Crippen molar-refractivity contribution in [3.05, 3.63) is 59.7 Å². The summed E-state index contributed by atoms with van der Waals surface area (Å²) < 4.78 is 0. The van der Waals surface area contributed by atoms with Crippen molar-refractivity contribution < 1.29 is 9.90 Å². The van der Waals surface area contributed by atoms with Crippen molar-refractivity contribution in [2.75, 3.05) is 49.9 Å². The summed E-state index contributed by atoms with van der Waals surface area (Å²) in [5.41, 5.74) is 3.18. The predicted molar refractivity (Wildman–Crippen MR) is 124 cm³/mol. The molecular formula is C24H29N3O2S. The Labute approximate surface area is 182 Å². The van der Waals surface area contributed by atoms with Crippen molar-refractivity contribution in [3.63, 3.8) is 0 Å². The van der Waals surface area contributed by atoms with E-state index in [1.54, 1.807) is 23.9 Å². The van der Waals surface area contributed by atoms with E-state index in [2.05, 4.69) is 27.2 Å². The third-order valence-corrected chi connectivity index (χ3v) is 6.84. The molecule has 2 heterocycles. The molecule has 2 aliphatic rings. The minimum absolute atomic E-state index is 0.0690. The molecule has 5 nitrogen and oxygen atoms in total. The van der Waals surface area contributed by atoms with Crippen LogP contribution in [0.2, 0.25) is 0 Å². The highest BCUT2D eigenvalue weighted by molar-refractivity contribution is 7.99. The minimum Gasteiger partial charge on any atom is -0.508 e. The Morgan fingerprint density at radius 1 is 1.00 bits per heavy atom. The number of phenolic OH excluding ortho intramolecular Hbond substituents is 1. The number of nitrogens with zero attached hydrogens (tertiary/aromatic N) is 2.